The molecule has 0 aromatic heterocycles. The molecule has 0 radical (unpaired) electrons. The van der Waals surface area contributed by atoms with Crippen molar-refractivity contribution >= 4 is 5.69 Å². The molecule has 1 aromatic carbocycles. The molecule has 0 fully saturated rings. The molecule has 0 saturated carbocycles. The maximum Gasteiger partial charge on any atom is 0.144 e. The number of methoxy groups -OCH3 is 1. The van der Waals surface area contributed by atoms with Gasteiger partial charge < -0.3 is 16.2 Å². The van der Waals surface area contributed by atoms with E-state index in [1.54, 1.807) is 7.11 Å². The lowest BCUT2D eigenvalue weighted by Gasteiger charge is -2.09. The first kappa shape index (κ1) is 8.87. The molecule has 0 heterocycles. The van der Waals surface area contributed by atoms with E-state index in [-0.39, 0.29) is 0 Å². The zero-order chi connectivity index (χ0) is 8.97. The molecule has 4 N–H and O–H groups in total. The summed E-state index contributed by atoms with van der Waals surface area (Å²) in [4.78, 5) is 0. The minimum Gasteiger partial charge on any atom is -0.494 e. The fourth-order valence-electron chi connectivity index (χ4n) is 1.21. The summed E-state index contributed by atoms with van der Waals surface area (Å²) in [7, 11) is 1.62. The Morgan fingerprint density at radius 3 is 2.75 bits per heavy atom. The highest BCUT2D eigenvalue weighted by Gasteiger charge is 2.04. The van der Waals surface area contributed by atoms with Gasteiger partial charge in [-0.3, -0.25) is 0 Å². The Hall–Kier alpha value is -1.22. The molecule has 0 aliphatic carbocycles. The van der Waals surface area contributed by atoms with Gasteiger partial charge in [0.1, 0.15) is 5.75 Å². The number of hydrogen-bond acceptors (Lipinski definition) is 3. The summed E-state index contributed by atoms with van der Waals surface area (Å²) >= 11 is 0. The Bertz CT molecular complexity index is 261. The Balaban J connectivity index is 3.00. The zero-order valence-corrected chi connectivity index (χ0v) is 7.21. The molecule has 1 aromatic rings. The maximum atomic E-state index is 5.70. The van der Waals surface area contributed by atoms with Crippen molar-refractivity contribution in [1.82, 2.24) is 0 Å². The predicted octanol–water partition coefficient (Wildman–Crippen LogP) is 0.779. The van der Waals surface area contributed by atoms with Gasteiger partial charge in [-0.15, -0.1) is 0 Å². The molecular weight excluding hydrogens is 152 g/mol. The summed E-state index contributed by atoms with van der Waals surface area (Å²) in [5.41, 5.74) is 12.9. The second-order valence-corrected chi connectivity index (χ2v) is 2.58. The first-order valence-corrected chi connectivity index (χ1v) is 3.91. The average molecular weight is 166 g/mol. The average Bonchev–Trinajstić information content (AvgIpc) is 2.05. The van der Waals surface area contributed by atoms with Crippen LogP contribution >= 0.6 is 0 Å². The standard InChI is InChI=1S/C9H14N2O/c1-12-9-7(5-6-10)3-2-4-8(9)11/h2-4H,5-6,10-11H2,1H3. The van der Waals surface area contributed by atoms with Crippen LogP contribution in [0, 0.1) is 0 Å². The second kappa shape index (κ2) is 3.97. The first-order chi connectivity index (χ1) is 5.79. The van der Waals surface area contributed by atoms with Crippen LogP contribution < -0.4 is 16.2 Å². The molecule has 0 aliphatic rings. The Morgan fingerprint density at radius 2 is 2.17 bits per heavy atom. The number of benzene rings is 1. The lowest BCUT2D eigenvalue weighted by Crippen LogP contribution is -2.05. The van der Waals surface area contributed by atoms with Crippen LogP contribution in [0.15, 0.2) is 18.2 Å². The quantitative estimate of drug-likeness (QED) is 0.652. The third kappa shape index (κ3) is 1.68. The third-order valence-corrected chi connectivity index (χ3v) is 1.74. The molecule has 0 bridgehead atoms. The van der Waals surface area contributed by atoms with Crippen LogP contribution in [-0.4, -0.2) is 13.7 Å². The monoisotopic (exact) mass is 166 g/mol. The fourth-order valence-corrected chi connectivity index (χ4v) is 1.21. The van der Waals surface area contributed by atoms with E-state index in [2.05, 4.69) is 0 Å². The van der Waals surface area contributed by atoms with Crippen LogP contribution in [-0.2, 0) is 6.42 Å². The van der Waals surface area contributed by atoms with Crippen LogP contribution in [0.2, 0.25) is 0 Å². The Kier molecular flexibility index (Phi) is 2.94. The van der Waals surface area contributed by atoms with Gasteiger partial charge in [0.25, 0.3) is 0 Å². The molecule has 12 heavy (non-hydrogen) atoms. The molecule has 0 unspecified atom stereocenters. The van der Waals surface area contributed by atoms with Crippen LogP contribution in [0.5, 0.6) is 5.75 Å². The van der Waals surface area contributed by atoms with E-state index in [4.69, 9.17) is 16.2 Å². The van der Waals surface area contributed by atoms with Crippen molar-refractivity contribution < 1.29 is 4.74 Å². The summed E-state index contributed by atoms with van der Waals surface area (Å²) in [5.74, 6) is 0.753. The molecule has 66 valence electrons. The van der Waals surface area contributed by atoms with Crippen molar-refractivity contribution in [1.29, 1.82) is 0 Å². The van der Waals surface area contributed by atoms with E-state index in [1.807, 2.05) is 18.2 Å². The summed E-state index contributed by atoms with van der Waals surface area (Å²) in [5, 5.41) is 0. The van der Waals surface area contributed by atoms with E-state index in [9.17, 15) is 0 Å². The molecular formula is C9H14N2O. The van der Waals surface area contributed by atoms with Gasteiger partial charge in [0.15, 0.2) is 0 Å². The van der Waals surface area contributed by atoms with Crippen molar-refractivity contribution in [3.8, 4) is 5.75 Å². The van der Waals surface area contributed by atoms with Crippen LogP contribution in [0.3, 0.4) is 0 Å². The number of nitrogens with two attached hydrogens (primary N) is 2. The van der Waals surface area contributed by atoms with Crippen LogP contribution in [0.4, 0.5) is 5.69 Å². The van der Waals surface area contributed by atoms with Crippen LogP contribution in [0.1, 0.15) is 5.56 Å². The van der Waals surface area contributed by atoms with E-state index in [0.717, 1.165) is 17.7 Å². The van der Waals surface area contributed by atoms with Gasteiger partial charge in [-0.2, -0.15) is 0 Å². The number of nitrogen functional groups attached to an aromatic ring is 1. The van der Waals surface area contributed by atoms with Gasteiger partial charge in [0.2, 0.25) is 0 Å². The largest absolute Gasteiger partial charge is 0.494 e. The highest BCUT2D eigenvalue weighted by Crippen LogP contribution is 2.25. The van der Waals surface area contributed by atoms with Gasteiger partial charge in [-0.05, 0) is 24.6 Å². The molecule has 0 amide bonds. The fraction of sp³-hybridized carbons (Fsp3) is 0.333. The lowest BCUT2D eigenvalue weighted by molar-refractivity contribution is 0.412. The van der Waals surface area contributed by atoms with E-state index < -0.39 is 0 Å². The Morgan fingerprint density at radius 1 is 1.42 bits per heavy atom. The predicted molar refractivity (Wildman–Crippen MR) is 50.2 cm³/mol. The van der Waals surface area contributed by atoms with Gasteiger partial charge in [-0.25, -0.2) is 0 Å². The number of para-hydroxylation sites is 1. The van der Waals surface area contributed by atoms with Gasteiger partial charge in [-0.1, -0.05) is 12.1 Å². The summed E-state index contributed by atoms with van der Waals surface area (Å²) in [6.07, 6.45) is 0.800. The number of anilines is 1. The summed E-state index contributed by atoms with van der Waals surface area (Å²) in [6.45, 7) is 0.611. The topological polar surface area (TPSA) is 61.3 Å². The highest BCUT2D eigenvalue weighted by atomic mass is 16.5. The molecule has 0 saturated heterocycles. The maximum absolute atomic E-state index is 5.70. The minimum absolute atomic E-state index is 0.611. The molecule has 0 atom stereocenters. The van der Waals surface area contributed by atoms with Crippen molar-refractivity contribution in [2.45, 2.75) is 6.42 Å². The van der Waals surface area contributed by atoms with Crippen molar-refractivity contribution in [3.63, 3.8) is 0 Å². The minimum atomic E-state index is 0.611. The number of rotatable bonds is 3. The second-order valence-electron chi connectivity index (χ2n) is 2.58. The molecule has 0 spiro atoms. The van der Waals surface area contributed by atoms with Crippen LogP contribution in [0.25, 0.3) is 0 Å². The third-order valence-electron chi connectivity index (χ3n) is 1.74. The first-order valence-electron chi connectivity index (χ1n) is 3.91. The summed E-state index contributed by atoms with van der Waals surface area (Å²) < 4.78 is 5.15. The van der Waals surface area contributed by atoms with Crippen molar-refractivity contribution in [2.24, 2.45) is 5.73 Å². The molecule has 3 nitrogen and oxygen atoms in total. The molecule has 0 aliphatic heterocycles. The van der Waals surface area contributed by atoms with E-state index >= 15 is 0 Å². The smallest absolute Gasteiger partial charge is 0.144 e. The van der Waals surface area contributed by atoms with Gasteiger partial charge in [0.05, 0.1) is 12.8 Å². The molecule has 1 rings (SSSR count). The lowest BCUT2D eigenvalue weighted by atomic mass is 10.1. The highest BCUT2D eigenvalue weighted by molar-refractivity contribution is 5.56. The normalized spacial score (nSPS) is 9.83. The number of hydrogen-bond donors (Lipinski definition) is 2. The van der Waals surface area contributed by atoms with Crippen molar-refractivity contribution in [2.75, 3.05) is 19.4 Å². The Labute approximate surface area is 72.3 Å². The molecule has 3 heteroatoms. The van der Waals surface area contributed by atoms with Gasteiger partial charge >= 0.3 is 0 Å². The zero-order valence-electron chi connectivity index (χ0n) is 7.21. The SMILES string of the molecule is COc1c(N)cccc1CCN. The van der Waals surface area contributed by atoms with E-state index in [1.165, 1.54) is 0 Å². The summed E-state index contributed by atoms with van der Waals surface area (Å²) in [6, 6.07) is 5.70. The van der Waals surface area contributed by atoms with Gasteiger partial charge in [0, 0.05) is 0 Å². The van der Waals surface area contributed by atoms with Crippen molar-refractivity contribution in [3.05, 3.63) is 23.8 Å². The van der Waals surface area contributed by atoms with E-state index in [0.29, 0.717) is 12.2 Å². The number of ether oxygens (including phenoxy) is 1.